The molecule has 0 unspecified atom stereocenters. The molecule has 6 nitrogen and oxygen atoms in total. The minimum absolute atomic E-state index is 0.0732. The van der Waals surface area contributed by atoms with Gasteiger partial charge in [-0.15, -0.1) is 0 Å². The largest absolute Gasteiger partial charge is 0.497 e. The lowest BCUT2D eigenvalue weighted by Crippen LogP contribution is -2.49. The number of likely N-dealkylation sites (tertiary alicyclic amines) is 1. The van der Waals surface area contributed by atoms with Gasteiger partial charge in [-0.3, -0.25) is 9.59 Å². The molecular weight excluding hydrogens is 296 g/mol. The van der Waals surface area contributed by atoms with E-state index >= 15 is 0 Å². The average molecular weight is 320 g/mol. The van der Waals surface area contributed by atoms with Crippen molar-refractivity contribution in [1.82, 2.24) is 4.90 Å². The molecule has 1 aliphatic rings. The Balaban J connectivity index is 2.08. The van der Waals surface area contributed by atoms with Crippen molar-refractivity contribution in [3.8, 4) is 11.5 Å². The lowest BCUT2D eigenvalue weighted by molar-refractivity contribution is -0.139. The topological polar surface area (TPSA) is 81.9 Å². The molecule has 1 fully saturated rings. The van der Waals surface area contributed by atoms with Gasteiger partial charge in [0.2, 0.25) is 0 Å². The minimum Gasteiger partial charge on any atom is -0.497 e. The Morgan fingerprint density at radius 2 is 1.91 bits per heavy atom. The van der Waals surface area contributed by atoms with E-state index in [0.717, 1.165) is 19.3 Å². The molecule has 1 aromatic carbocycles. The van der Waals surface area contributed by atoms with E-state index in [4.69, 9.17) is 15.2 Å². The van der Waals surface area contributed by atoms with Crippen molar-refractivity contribution in [2.75, 3.05) is 13.7 Å². The molecule has 1 aromatic rings. The number of carbonyl (C=O) groups is 2. The highest BCUT2D eigenvalue weighted by molar-refractivity contribution is 5.96. The molecule has 0 saturated carbocycles. The number of primary amides is 1. The number of rotatable bonds is 5. The van der Waals surface area contributed by atoms with Crippen molar-refractivity contribution < 1.29 is 19.1 Å². The summed E-state index contributed by atoms with van der Waals surface area (Å²) in [5.41, 5.74) is 5.57. The van der Waals surface area contributed by atoms with Gasteiger partial charge in [0.05, 0.1) is 12.7 Å². The zero-order valence-corrected chi connectivity index (χ0v) is 13.9. The smallest absolute Gasteiger partial charge is 0.260 e. The summed E-state index contributed by atoms with van der Waals surface area (Å²) < 4.78 is 10.6. The second kappa shape index (κ2) is 7.35. The first-order valence-corrected chi connectivity index (χ1v) is 7.85. The fourth-order valence-corrected chi connectivity index (χ4v) is 3.08. The maximum atomic E-state index is 12.5. The summed E-state index contributed by atoms with van der Waals surface area (Å²) in [4.78, 5) is 25.9. The molecule has 2 atom stereocenters. The summed E-state index contributed by atoms with van der Waals surface area (Å²) >= 11 is 0. The van der Waals surface area contributed by atoms with Crippen LogP contribution in [-0.2, 0) is 4.79 Å². The van der Waals surface area contributed by atoms with E-state index in [0.29, 0.717) is 11.5 Å². The van der Waals surface area contributed by atoms with Crippen molar-refractivity contribution in [1.29, 1.82) is 0 Å². The van der Waals surface area contributed by atoms with Crippen LogP contribution in [0.1, 0.15) is 43.5 Å². The van der Waals surface area contributed by atoms with Gasteiger partial charge in [0.15, 0.2) is 6.61 Å². The number of ether oxygens (including phenoxy) is 2. The Kier molecular flexibility index (Phi) is 5.47. The molecule has 126 valence electrons. The molecule has 1 heterocycles. The van der Waals surface area contributed by atoms with Gasteiger partial charge >= 0.3 is 0 Å². The summed E-state index contributed by atoms with van der Waals surface area (Å²) in [5, 5.41) is 0. The first kappa shape index (κ1) is 17.1. The van der Waals surface area contributed by atoms with Crippen molar-refractivity contribution in [3.05, 3.63) is 23.8 Å². The van der Waals surface area contributed by atoms with Gasteiger partial charge in [-0.25, -0.2) is 0 Å². The van der Waals surface area contributed by atoms with Crippen LogP contribution >= 0.6 is 0 Å². The van der Waals surface area contributed by atoms with Crippen molar-refractivity contribution in [2.24, 2.45) is 5.73 Å². The number of hydrogen-bond donors (Lipinski definition) is 1. The van der Waals surface area contributed by atoms with Crippen molar-refractivity contribution in [2.45, 2.75) is 45.2 Å². The molecule has 2 N–H and O–H groups in total. The predicted molar refractivity (Wildman–Crippen MR) is 86.6 cm³/mol. The van der Waals surface area contributed by atoms with E-state index in [9.17, 15) is 9.59 Å². The summed E-state index contributed by atoms with van der Waals surface area (Å²) in [5.74, 6) is 0.113. The van der Waals surface area contributed by atoms with E-state index in [1.54, 1.807) is 12.1 Å². The second-order valence-electron chi connectivity index (χ2n) is 5.94. The standard InChI is InChI=1S/C17H24N2O4/c1-11-5-4-6-12(2)19(11)16(20)10-23-15-8-7-13(22-3)9-14(15)17(18)21/h7-9,11-12H,4-6,10H2,1-3H3,(H2,18,21)/t11-,12+. The lowest BCUT2D eigenvalue weighted by atomic mass is 9.97. The third-order valence-corrected chi connectivity index (χ3v) is 4.28. The van der Waals surface area contributed by atoms with Crippen LogP contribution in [0, 0.1) is 0 Å². The molecule has 0 spiro atoms. The van der Waals surface area contributed by atoms with Crippen molar-refractivity contribution >= 4 is 11.8 Å². The van der Waals surface area contributed by atoms with Gasteiger partial charge in [-0.1, -0.05) is 0 Å². The first-order chi connectivity index (χ1) is 10.9. The molecule has 6 heteroatoms. The minimum atomic E-state index is -0.619. The molecule has 2 amide bonds. The summed E-state index contributed by atoms with van der Waals surface area (Å²) in [6.07, 6.45) is 3.15. The summed E-state index contributed by atoms with van der Waals surface area (Å²) in [6, 6.07) is 5.18. The fraction of sp³-hybridized carbons (Fsp3) is 0.529. The number of nitrogens with two attached hydrogens (primary N) is 1. The van der Waals surface area contributed by atoms with E-state index in [-0.39, 0.29) is 30.2 Å². The average Bonchev–Trinajstić information content (AvgIpc) is 2.52. The van der Waals surface area contributed by atoms with Crippen LogP contribution in [-0.4, -0.2) is 42.5 Å². The number of methoxy groups -OCH3 is 1. The van der Waals surface area contributed by atoms with Crippen molar-refractivity contribution in [3.63, 3.8) is 0 Å². The first-order valence-electron chi connectivity index (χ1n) is 7.85. The quantitative estimate of drug-likeness (QED) is 0.899. The number of piperidine rings is 1. The highest BCUT2D eigenvalue weighted by atomic mass is 16.5. The van der Waals surface area contributed by atoms with Gasteiger partial charge in [0, 0.05) is 12.1 Å². The Morgan fingerprint density at radius 1 is 1.26 bits per heavy atom. The fourth-order valence-electron chi connectivity index (χ4n) is 3.08. The third-order valence-electron chi connectivity index (χ3n) is 4.28. The molecule has 0 radical (unpaired) electrons. The Morgan fingerprint density at radius 3 is 2.48 bits per heavy atom. The summed E-state index contributed by atoms with van der Waals surface area (Å²) in [7, 11) is 1.50. The van der Waals surface area contributed by atoms with Gasteiger partial charge in [-0.05, 0) is 51.3 Å². The highest BCUT2D eigenvalue weighted by Crippen LogP contribution is 2.25. The predicted octanol–water partition coefficient (Wildman–Crippen LogP) is 1.96. The lowest BCUT2D eigenvalue weighted by Gasteiger charge is -2.39. The molecule has 23 heavy (non-hydrogen) atoms. The third kappa shape index (κ3) is 3.94. The second-order valence-corrected chi connectivity index (χ2v) is 5.94. The Labute approximate surface area is 136 Å². The van der Waals surface area contributed by atoms with Crippen LogP contribution in [0.5, 0.6) is 11.5 Å². The highest BCUT2D eigenvalue weighted by Gasteiger charge is 2.29. The van der Waals surface area contributed by atoms with E-state index < -0.39 is 5.91 Å². The molecule has 2 rings (SSSR count). The van der Waals surface area contributed by atoms with Crippen LogP contribution in [0.4, 0.5) is 0 Å². The molecule has 1 aliphatic heterocycles. The van der Waals surface area contributed by atoms with Gasteiger partial charge in [-0.2, -0.15) is 0 Å². The van der Waals surface area contributed by atoms with Crippen LogP contribution in [0.15, 0.2) is 18.2 Å². The Hall–Kier alpha value is -2.24. The maximum Gasteiger partial charge on any atom is 0.260 e. The normalized spacial score (nSPS) is 20.9. The van der Waals surface area contributed by atoms with Crippen LogP contribution in [0.2, 0.25) is 0 Å². The van der Waals surface area contributed by atoms with Gasteiger partial charge in [0.25, 0.3) is 11.8 Å². The molecule has 0 aromatic heterocycles. The maximum absolute atomic E-state index is 12.5. The van der Waals surface area contributed by atoms with Crippen LogP contribution < -0.4 is 15.2 Å². The zero-order valence-electron chi connectivity index (χ0n) is 13.9. The van der Waals surface area contributed by atoms with E-state index in [2.05, 4.69) is 13.8 Å². The van der Waals surface area contributed by atoms with Gasteiger partial charge < -0.3 is 20.1 Å². The molecule has 1 saturated heterocycles. The van der Waals surface area contributed by atoms with E-state index in [1.165, 1.54) is 13.2 Å². The van der Waals surface area contributed by atoms with Gasteiger partial charge in [0.1, 0.15) is 11.5 Å². The molecular formula is C17H24N2O4. The SMILES string of the molecule is COc1ccc(OCC(=O)N2[C@H](C)CCC[C@@H]2C)c(C(N)=O)c1. The summed E-state index contributed by atoms with van der Waals surface area (Å²) in [6.45, 7) is 3.99. The molecule has 0 bridgehead atoms. The Bertz CT molecular complexity index is 578. The van der Waals surface area contributed by atoms with Crippen LogP contribution in [0.25, 0.3) is 0 Å². The number of nitrogens with zero attached hydrogens (tertiary/aromatic N) is 1. The zero-order chi connectivity index (χ0) is 17.0. The number of amides is 2. The van der Waals surface area contributed by atoms with Crippen LogP contribution in [0.3, 0.4) is 0 Å². The monoisotopic (exact) mass is 320 g/mol. The number of carbonyl (C=O) groups excluding carboxylic acids is 2. The number of benzene rings is 1. The number of hydrogen-bond acceptors (Lipinski definition) is 4. The molecule has 0 aliphatic carbocycles. The van der Waals surface area contributed by atoms with E-state index in [1.807, 2.05) is 4.90 Å².